The molecule has 4 rings (SSSR count). The fraction of sp³-hybridized carbons (Fsp3) is 0.880. The van der Waals surface area contributed by atoms with Gasteiger partial charge in [-0.3, -0.25) is 10.1 Å². The second-order valence-corrected chi connectivity index (χ2v) is 12.2. The maximum atomic E-state index is 14.0. The van der Waals surface area contributed by atoms with Crippen molar-refractivity contribution in [3.8, 4) is 0 Å². The second-order valence-electron chi connectivity index (χ2n) is 12.2. The molecule has 10 nitrogen and oxygen atoms in total. The zero-order valence-corrected chi connectivity index (χ0v) is 21.3. The highest BCUT2D eigenvalue weighted by atomic mass is 17.1. The number of fused-ring (bicyclic) bond motifs is 5. The number of aliphatic hydroxyl groups excluding tert-OH is 3. The molecule has 0 aromatic rings. The normalized spacial score (nSPS) is 49.7. The van der Waals surface area contributed by atoms with Gasteiger partial charge in [0.05, 0.1) is 35.9 Å². The van der Waals surface area contributed by atoms with E-state index in [0.29, 0.717) is 5.57 Å². The van der Waals surface area contributed by atoms with Gasteiger partial charge in [0.2, 0.25) is 0 Å². The van der Waals surface area contributed by atoms with Crippen molar-refractivity contribution in [1.82, 2.24) is 0 Å². The van der Waals surface area contributed by atoms with Gasteiger partial charge in [-0.25, -0.2) is 4.89 Å². The molecule has 0 aromatic carbocycles. The van der Waals surface area contributed by atoms with Crippen LogP contribution in [-0.4, -0.2) is 90.9 Å². The number of carbonyl (C=O) groups excluding carboxylic acids is 1. The molecule has 8 N–H and O–H groups in total. The van der Waals surface area contributed by atoms with Gasteiger partial charge in [0.1, 0.15) is 17.8 Å². The molecule has 2 bridgehead atoms. The summed E-state index contributed by atoms with van der Waals surface area (Å²) in [6, 6.07) is -0.770. The number of nitrogens with two attached hydrogens (primary N) is 1. The lowest BCUT2D eigenvalue weighted by atomic mass is 9.42. The lowest BCUT2D eigenvalue weighted by Crippen LogP contribution is -2.78. The smallest absolute Gasteiger partial charge is 0.174 e. The van der Waals surface area contributed by atoms with Crippen LogP contribution in [0.2, 0.25) is 0 Å². The van der Waals surface area contributed by atoms with Gasteiger partial charge in [0.25, 0.3) is 0 Å². The van der Waals surface area contributed by atoms with Crippen LogP contribution in [0.5, 0.6) is 0 Å². The van der Waals surface area contributed by atoms with Crippen molar-refractivity contribution in [2.24, 2.45) is 34.3 Å². The summed E-state index contributed by atoms with van der Waals surface area (Å²) in [4.78, 5) is 18.7. The Labute approximate surface area is 205 Å². The third-order valence-corrected chi connectivity index (χ3v) is 10.4. The molecule has 2 saturated carbocycles. The van der Waals surface area contributed by atoms with E-state index in [9.17, 15) is 35.6 Å². The molecule has 1 aliphatic heterocycles. The first-order valence-corrected chi connectivity index (χ1v) is 12.4. The summed E-state index contributed by atoms with van der Waals surface area (Å²) >= 11 is 0. The Kier molecular flexibility index (Phi) is 6.41. The maximum absolute atomic E-state index is 14.0. The highest BCUT2D eigenvalue weighted by Gasteiger charge is 2.74. The number of rotatable bonds is 4. The topological polar surface area (TPSA) is 183 Å². The molecule has 3 fully saturated rings. The molecule has 12 atom stereocenters. The molecule has 0 spiro atoms. The first-order valence-electron chi connectivity index (χ1n) is 12.4. The fourth-order valence-electron chi connectivity index (χ4n) is 8.10. The van der Waals surface area contributed by atoms with E-state index in [1.165, 1.54) is 0 Å². The molecular formula is C25H41NO9. The Balaban J connectivity index is 1.97. The van der Waals surface area contributed by atoms with Crippen LogP contribution in [0.25, 0.3) is 0 Å². The predicted octanol–water partition coefficient (Wildman–Crippen LogP) is -0.257. The lowest BCUT2D eigenvalue weighted by molar-refractivity contribution is -0.339. The highest BCUT2D eigenvalue weighted by molar-refractivity contribution is 5.93. The molecule has 0 radical (unpaired) electrons. The number of aliphatic hydroxyl groups is 5. The molecule has 10 heteroatoms. The highest BCUT2D eigenvalue weighted by Crippen LogP contribution is 2.65. The second kappa shape index (κ2) is 8.28. The van der Waals surface area contributed by atoms with Crippen LogP contribution in [0.4, 0.5) is 0 Å². The van der Waals surface area contributed by atoms with Crippen LogP contribution in [0, 0.1) is 28.6 Å². The number of Topliss-reactive ketones (excluding diaryl/α,β-unsaturated/α-hetero) is 1. The van der Waals surface area contributed by atoms with Gasteiger partial charge in [-0.15, -0.1) is 0 Å². The first-order chi connectivity index (χ1) is 16.0. The summed E-state index contributed by atoms with van der Waals surface area (Å²) in [6.45, 7) is 9.98. The molecule has 3 aliphatic carbocycles. The Morgan fingerprint density at radius 1 is 1.20 bits per heavy atom. The predicted molar refractivity (Wildman–Crippen MR) is 124 cm³/mol. The number of hydrogen-bond donors (Lipinski definition) is 7. The van der Waals surface area contributed by atoms with E-state index >= 15 is 0 Å². The molecule has 200 valence electrons. The minimum Gasteiger partial charge on any atom is -0.392 e. The van der Waals surface area contributed by atoms with Gasteiger partial charge in [0, 0.05) is 29.7 Å². The summed E-state index contributed by atoms with van der Waals surface area (Å²) in [5, 5.41) is 67.4. The van der Waals surface area contributed by atoms with Crippen molar-refractivity contribution in [3.63, 3.8) is 0 Å². The van der Waals surface area contributed by atoms with Crippen LogP contribution in [0.15, 0.2) is 11.1 Å². The van der Waals surface area contributed by atoms with Gasteiger partial charge < -0.3 is 36.0 Å². The van der Waals surface area contributed by atoms with E-state index in [2.05, 4.69) is 0 Å². The average Bonchev–Trinajstić information content (AvgIpc) is 2.77. The van der Waals surface area contributed by atoms with Gasteiger partial charge in [-0.2, -0.15) is 0 Å². The number of hydrogen-bond acceptors (Lipinski definition) is 10. The Morgan fingerprint density at radius 2 is 1.80 bits per heavy atom. The summed E-state index contributed by atoms with van der Waals surface area (Å²) < 4.78 is 5.55. The van der Waals surface area contributed by atoms with Gasteiger partial charge >= 0.3 is 0 Å². The van der Waals surface area contributed by atoms with Crippen molar-refractivity contribution in [2.75, 3.05) is 6.61 Å². The number of ketones is 1. The van der Waals surface area contributed by atoms with Crippen molar-refractivity contribution in [3.05, 3.63) is 11.1 Å². The lowest BCUT2D eigenvalue weighted by Gasteiger charge is -2.67. The van der Waals surface area contributed by atoms with Crippen LogP contribution in [-0.2, 0) is 14.4 Å². The van der Waals surface area contributed by atoms with Gasteiger partial charge in [-0.05, 0) is 38.7 Å². The van der Waals surface area contributed by atoms with Gasteiger partial charge in [0.15, 0.2) is 5.78 Å². The third-order valence-electron chi connectivity index (χ3n) is 10.4. The molecular weight excluding hydrogens is 458 g/mol. The van der Waals surface area contributed by atoms with Crippen molar-refractivity contribution in [2.45, 2.75) is 102 Å². The Bertz CT molecular complexity index is 921. The Morgan fingerprint density at radius 3 is 2.29 bits per heavy atom. The minimum atomic E-state index is -1.69. The van der Waals surface area contributed by atoms with Gasteiger partial charge in [-0.1, -0.05) is 26.3 Å². The SMILES string of the molecule is CC1=C2C(O)C(=O)[C@]3(C)C(O)CC4OC[C@@]4(O)C3C(C)C(O)(CC1[C@H](OO)C(O)C(C)N)C2(C)C. The molecule has 9 unspecified atom stereocenters. The zero-order chi connectivity index (χ0) is 26.5. The van der Waals surface area contributed by atoms with E-state index in [1.54, 1.807) is 41.5 Å². The van der Waals surface area contributed by atoms with E-state index in [0.717, 1.165) is 0 Å². The van der Waals surface area contributed by atoms with Crippen LogP contribution in [0.3, 0.4) is 0 Å². The van der Waals surface area contributed by atoms with Crippen LogP contribution >= 0.6 is 0 Å². The summed E-state index contributed by atoms with van der Waals surface area (Å²) in [7, 11) is 0. The monoisotopic (exact) mass is 499 g/mol. The van der Waals surface area contributed by atoms with E-state index in [1.807, 2.05) is 0 Å². The van der Waals surface area contributed by atoms with Crippen LogP contribution < -0.4 is 5.73 Å². The Hall–Kier alpha value is -0.950. The summed E-state index contributed by atoms with van der Waals surface area (Å²) in [5.41, 5.74) is 0.846. The van der Waals surface area contributed by atoms with E-state index in [4.69, 9.17) is 15.4 Å². The van der Waals surface area contributed by atoms with Crippen molar-refractivity contribution < 1.29 is 45.2 Å². The van der Waals surface area contributed by atoms with E-state index < -0.39 is 82.1 Å². The van der Waals surface area contributed by atoms with Crippen molar-refractivity contribution >= 4 is 5.78 Å². The molecule has 0 amide bonds. The van der Waals surface area contributed by atoms with Crippen molar-refractivity contribution in [1.29, 1.82) is 0 Å². The largest absolute Gasteiger partial charge is 0.392 e. The number of carbonyl (C=O) groups is 1. The minimum absolute atomic E-state index is 0.00328. The van der Waals surface area contributed by atoms with Crippen LogP contribution in [0.1, 0.15) is 54.4 Å². The first kappa shape index (κ1) is 27.1. The molecule has 1 saturated heterocycles. The molecule has 35 heavy (non-hydrogen) atoms. The summed E-state index contributed by atoms with van der Waals surface area (Å²) in [5.74, 6) is -3.13. The quantitative estimate of drug-likeness (QED) is 0.155. The zero-order valence-electron chi connectivity index (χ0n) is 21.3. The average molecular weight is 500 g/mol. The van der Waals surface area contributed by atoms with E-state index in [-0.39, 0.29) is 25.0 Å². The third kappa shape index (κ3) is 3.25. The maximum Gasteiger partial charge on any atom is 0.174 e. The fourth-order valence-corrected chi connectivity index (χ4v) is 8.10. The number of ether oxygens (including phenoxy) is 1. The molecule has 1 heterocycles. The molecule has 0 aromatic heterocycles. The summed E-state index contributed by atoms with van der Waals surface area (Å²) in [6.07, 6.45) is -6.07. The standard InChI is InChI=1S/C25H41NO9/c1-10-13(19(35-33)17(28)12(3)26)8-25(32)11(2)20-23(6,14(27)7-15-24(20,31)9-34-15)21(30)18(29)16(10)22(25,4)5/h11-15,17-20,27-29,31-33H,7-9,26H2,1-6H3/t11?,12?,13?,14?,15?,17?,18?,19-,20?,23+,24-,25?/m0/s1. The molecule has 4 aliphatic rings.